The lowest BCUT2D eigenvalue weighted by molar-refractivity contribution is 0.419. The van der Waals surface area contributed by atoms with Crippen molar-refractivity contribution in [3.05, 3.63) is 42.0 Å². The third-order valence-corrected chi connectivity index (χ3v) is 4.09. The van der Waals surface area contributed by atoms with Crippen molar-refractivity contribution in [3.8, 4) is 5.75 Å². The van der Waals surface area contributed by atoms with Crippen LogP contribution < -0.4 is 10.1 Å². The van der Waals surface area contributed by atoms with Gasteiger partial charge in [0.2, 0.25) is 0 Å². The highest BCUT2D eigenvalue weighted by atomic mass is 32.2. The van der Waals surface area contributed by atoms with Gasteiger partial charge in [0.1, 0.15) is 5.75 Å². The van der Waals surface area contributed by atoms with Gasteiger partial charge in [-0.15, -0.1) is 0 Å². The quantitative estimate of drug-likeness (QED) is 0.869. The molecule has 0 saturated heterocycles. The summed E-state index contributed by atoms with van der Waals surface area (Å²) in [5, 5.41) is 6.02. The number of rotatable bonds is 6. The van der Waals surface area contributed by atoms with E-state index in [1.165, 1.54) is 16.3 Å². The molecule has 0 aromatic heterocycles. The van der Waals surface area contributed by atoms with Crippen molar-refractivity contribution < 1.29 is 4.74 Å². The first-order valence-corrected chi connectivity index (χ1v) is 7.92. The maximum atomic E-state index is 5.42. The number of methoxy groups -OCH3 is 1. The van der Waals surface area contributed by atoms with Gasteiger partial charge >= 0.3 is 0 Å². The van der Waals surface area contributed by atoms with E-state index >= 15 is 0 Å². The Bertz CT molecular complexity index is 541. The first kappa shape index (κ1) is 14.2. The summed E-state index contributed by atoms with van der Waals surface area (Å²) in [5.41, 5.74) is 1.32. The number of nitrogens with one attached hydrogen (secondary N) is 1. The number of ether oxygens (including phenoxy) is 1. The van der Waals surface area contributed by atoms with Crippen molar-refractivity contribution in [2.24, 2.45) is 0 Å². The smallest absolute Gasteiger partial charge is 0.126 e. The van der Waals surface area contributed by atoms with Gasteiger partial charge in [0, 0.05) is 23.7 Å². The molecular formula is C16H21NOS. The summed E-state index contributed by atoms with van der Waals surface area (Å²) in [4.78, 5) is 0. The Balaban J connectivity index is 2.24. The maximum absolute atomic E-state index is 5.42. The second kappa shape index (κ2) is 6.83. The van der Waals surface area contributed by atoms with E-state index in [1.54, 1.807) is 7.11 Å². The Morgan fingerprint density at radius 2 is 1.89 bits per heavy atom. The standard InChI is InChI=1S/C16H21NOS/c1-12(11-19-3)17-10-13-8-9-16(18-2)15-7-5-4-6-14(13)15/h4-9,12,17H,10-11H2,1-3H3. The summed E-state index contributed by atoms with van der Waals surface area (Å²) in [7, 11) is 1.72. The minimum Gasteiger partial charge on any atom is -0.496 e. The van der Waals surface area contributed by atoms with Crippen LogP contribution in [0.4, 0.5) is 0 Å². The van der Waals surface area contributed by atoms with Crippen LogP contribution in [0.25, 0.3) is 10.8 Å². The summed E-state index contributed by atoms with van der Waals surface area (Å²) >= 11 is 1.87. The second-order valence-electron chi connectivity index (χ2n) is 4.71. The monoisotopic (exact) mass is 275 g/mol. The van der Waals surface area contributed by atoms with Gasteiger partial charge in [0.25, 0.3) is 0 Å². The Morgan fingerprint density at radius 3 is 2.58 bits per heavy atom. The van der Waals surface area contributed by atoms with Crippen molar-refractivity contribution in [2.45, 2.75) is 19.5 Å². The van der Waals surface area contributed by atoms with Crippen LogP contribution in [0.1, 0.15) is 12.5 Å². The van der Waals surface area contributed by atoms with Crippen LogP contribution in [0, 0.1) is 0 Å². The van der Waals surface area contributed by atoms with E-state index in [9.17, 15) is 0 Å². The van der Waals surface area contributed by atoms with Gasteiger partial charge < -0.3 is 10.1 Å². The van der Waals surface area contributed by atoms with Crippen LogP contribution in [0.2, 0.25) is 0 Å². The highest BCUT2D eigenvalue weighted by molar-refractivity contribution is 7.98. The molecule has 3 heteroatoms. The Morgan fingerprint density at radius 1 is 1.16 bits per heavy atom. The largest absolute Gasteiger partial charge is 0.496 e. The third kappa shape index (κ3) is 3.43. The van der Waals surface area contributed by atoms with Crippen LogP contribution in [0.5, 0.6) is 5.75 Å². The molecule has 2 rings (SSSR count). The molecule has 0 amide bonds. The Labute approximate surface area is 119 Å². The van der Waals surface area contributed by atoms with Crippen molar-refractivity contribution in [1.29, 1.82) is 0 Å². The van der Waals surface area contributed by atoms with Gasteiger partial charge in [-0.3, -0.25) is 0 Å². The van der Waals surface area contributed by atoms with Gasteiger partial charge in [0.15, 0.2) is 0 Å². The molecule has 1 N–H and O–H groups in total. The number of hydrogen-bond donors (Lipinski definition) is 1. The molecule has 0 heterocycles. The molecule has 0 aliphatic rings. The van der Waals surface area contributed by atoms with Gasteiger partial charge in [0.05, 0.1) is 7.11 Å². The molecule has 0 bridgehead atoms. The zero-order valence-corrected chi connectivity index (χ0v) is 12.6. The lowest BCUT2D eigenvalue weighted by atomic mass is 10.0. The second-order valence-corrected chi connectivity index (χ2v) is 5.62. The fraction of sp³-hybridized carbons (Fsp3) is 0.375. The molecule has 1 atom stereocenters. The normalized spacial score (nSPS) is 12.6. The first-order chi connectivity index (χ1) is 9.26. The zero-order valence-electron chi connectivity index (χ0n) is 11.8. The van der Waals surface area contributed by atoms with Crippen LogP contribution in [-0.2, 0) is 6.54 Å². The number of thioether (sulfide) groups is 1. The molecule has 0 aliphatic heterocycles. The lowest BCUT2D eigenvalue weighted by Gasteiger charge is -2.15. The first-order valence-electron chi connectivity index (χ1n) is 6.53. The summed E-state index contributed by atoms with van der Waals surface area (Å²) in [6, 6.07) is 13.1. The van der Waals surface area contributed by atoms with Gasteiger partial charge in [-0.25, -0.2) is 0 Å². The van der Waals surface area contributed by atoms with E-state index in [2.05, 4.69) is 54.9 Å². The summed E-state index contributed by atoms with van der Waals surface area (Å²) in [5.74, 6) is 2.07. The number of hydrogen-bond acceptors (Lipinski definition) is 3. The fourth-order valence-electron chi connectivity index (χ4n) is 2.26. The SMILES string of the molecule is COc1ccc(CNC(C)CSC)c2ccccc12. The van der Waals surface area contributed by atoms with Crippen LogP contribution in [-0.4, -0.2) is 25.2 Å². The molecule has 0 saturated carbocycles. The van der Waals surface area contributed by atoms with Crippen molar-refractivity contribution in [1.82, 2.24) is 5.32 Å². The maximum Gasteiger partial charge on any atom is 0.126 e. The van der Waals surface area contributed by atoms with Crippen molar-refractivity contribution in [2.75, 3.05) is 19.1 Å². The zero-order chi connectivity index (χ0) is 13.7. The molecule has 0 spiro atoms. The van der Waals surface area contributed by atoms with E-state index < -0.39 is 0 Å². The minimum atomic E-state index is 0.524. The summed E-state index contributed by atoms with van der Waals surface area (Å²) in [6.07, 6.45) is 2.14. The number of benzene rings is 2. The molecule has 2 aromatic carbocycles. The average Bonchev–Trinajstić information content (AvgIpc) is 2.45. The fourth-order valence-corrected chi connectivity index (χ4v) is 2.88. The van der Waals surface area contributed by atoms with E-state index in [1.807, 2.05) is 11.8 Å². The Kier molecular flexibility index (Phi) is 5.11. The molecule has 19 heavy (non-hydrogen) atoms. The van der Waals surface area contributed by atoms with E-state index in [0.29, 0.717) is 6.04 Å². The molecule has 0 fully saturated rings. The van der Waals surface area contributed by atoms with E-state index in [0.717, 1.165) is 18.0 Å². The molecule has 0 radical (unpaired) electrons. The molecule has 102 valence electrons. The highest BCUT2D eigenvalue weighted by Gasteiger charge is 2.07. The number of fused-ring (bicyclic) bond motifs is 1. The predicted octanol–water partition coefficient (Wildman–Crippen LogP) is 3.69. The van der Waals surface area contributed by atoms with E-state index in [-0.39, 0.29) is 0 Å². The summed E-state index contributed by atoms with van der Waals surface area (Å²) < 4.78 is 5.42. The Hall–Kier alpha value is -1.19. The van der Waals surface area contributed by atoms with Crippen LogP contribution >= 0.6 is 11.8 Å². The minimum absolute atomic E-state index is 0.524. The topological polar surface area (TPSA) is 21.3 Å². The van der Waals surface area contributed by atoms with Gasteiger partial charge in [-0.2, -0.15) is 11.8 Å². The molecule has 2 nitrogen and oxygen atoms in total. The lowest BCUT2D eigenvalue weighted by Crippen LogP contribution is -2.27. The average molecular weight is 275 g/mol. The highest BCUT2D eigenvalue weighted by Crippen LogP contribution is 2.28. The van der Waals surface area contributed by atoms with Crippen molar-refractivity contribution in [3.63, 3.8) is 0 Å². The van der Waals surface area contributed by atoms with Crippen LogP contribution in [0.3, 0.4) is 0 Å². The molecular weight excluding hydrogens is 254 g/mol. The predicted molar refractivity (Wildman–Crippen MR) is 85.2 cm³/mol. The molecule has 0 aliphatic carbocycles. The van der Waals surface area contributed by atoms with Gasteiger partial charge in [-0.1, -0.05) is 30.3 Å². The van der Waals surface area contributed by atoms with Crippen molar-refractivity contribution >= 4 is 22.5 Å². The summed E-state index contributed by atoms with van der Waals surface area (Å²) in [6.45, 7) is 3.12. The molecule has 1 unspecified atom stereocenters. The third-order valence-electron chi connectivity index (χ3n) is 3.25. The van der Waals surface area contributed by atoms with Crippen LogP contribution in [0.15, 0.2) is 36.4 Å². The van der Waals surface area contributed by atoms with Gasteiger partial charge in [-0.05, 0) is 30.2 Å². The van der Waals surface area contributed by atoms with E-state index in [4.69, 9.17) is 4.74 Å². The molecule has 2 aromatic rings.